The molecule has 1 heterocycles. The van der Waals surface area contributed by atoms with Crippen LogP contribution in [0.15, 0.2) is 24.3 Å². The average Bonchev–Trinajstić information content (AvgIpc) is 2.24. The highest BCUT2D eigenvalue weighted by Gasteiger charge is 2.39. The molecule has 3 heteroatoms. The molecule has 1 aromatic rings. The summed E-state index contributed by atoms with van der Waals surface area (Å²) in [6.07, 6.45) is 0. The molecular weight excluding hydrogens is 207 g/mol. The Labute approximate surface area is 95.4 Å². The molecule has 0 amide bonds. The molecule has 0 atom stereocenters. The van der Waals surface area contributed by atoms with Crippen LogP contribution < -0.4 is 0 Å². The van der Waals surface area contributed by atoms with Crippen LogP contribution in [0.5, 0.6) is 0 Å². The summed E-state index contributed by atoms with van der Waals surface area (Å²) in [5.74, 6) is -1.24. The van der Waals surface area contributed by atoms with Crippen LogP contribution in [0.2, 0.25) is 0 Å². The number of rotatable bonds is 1. The molecule has 0 aliphatic carbocycles. The molecule has 1 aliphatic rings. The molecule has 1 fully saturated rings. The van der Waals surface area contributed by atoms with Gasteiger partial charge in [0, 0.05) is 11.0 Å². The van der Waals surface area contributed by atoms with Gasteiger partial charge in [-0.25, -0.2) is 4.39 Å². The van der Waals surface area contributed by atoms with E-state index < -0.39 is 5.79 Å². The molecule has 0 N–H and O–H groups in total. The summed E-state index contributed by atoms with van der Waals surface area (Å²) in [6, 6.07) is 6.58. The largest absolute Gasteiger partial charge is 0.345 e. The van der Waals surface area contributed by atoms with Gasteiger partial charge >= 0.3 is 0 Å². The van der Waals surface area contributed by atoms with Gasteiger partial charge < -0.3 is 9.47 Å². The average molecular weight is 224 g/mol. The molecule has 88 valence electrons. The minimum Gasteiger partial charge on any atom is -0.345 e. The summed E-state index contributed by atoms with van der Waals surface area (Å²) in [7, 11) is 0. The lowest BCUT2D eigenvalue weighted by atomic mass is 9.93. The second kappa shape index (κ2) is 3.82. The maximum Gasteiger partial charge on any atom is 0.194 e. The van der Waals surface area contributed by atoms with Gasteiger partial charge in [-0.2, -0.15) is 0 Å². The van der Waals surface area contributed by atoms with E-state index in [1.54, 1.807) is 25.1 Å². The SMILES string of the molecule is CC1(C)COC(C)(c2ccccc2F)OC1. The van der Waals surface area contributed by atoms with Crippen LogP contribution in [0.25, 0.3) is 0 Å². The van der Waals surface area contributed by atoms with E-state index in [1.165, 1.54) is 6.07 Å². The number of ether oxygens (including phenoxy) is 2. The van der Waals surface area contributed by atoms with E-state index in [0.717, 1.165) is 0 Å². The highest BCUT2D eigenvalue weighted by Crippen LogP contribution is 2.36. The Morgan fingerprint density at radius 2 is 1.62 bits per heavy atom. The molecular formula is C13H17FO2. The van der Waals surface area contributed by atoms with Gasteiger partial charge in [-0.1, -0.05) is 32.0 Å². The Morgan fingerprint density at radius 3 is 2.19 bits per heavy atom. The topological polar surface area (TPSA) is 18.5 Å². The monoisotopic (exact) mass is 224 g/mol. The van der Waals surface area contributed by atoms with Gasteiger partial charge in [0.2, 0.25) is 0 Å². The molecule has 2 nitrogen and oxygen atoms in total. The molecule has 1 aliphatic heterocycles. The van der Waals surface area contributed by atoms with Crippen LogP contribution in [0.3, 0.4) is 0 Å². The standard InChI is InChI=1S/C13H17FO2/c1-12(2)8-15-13(3,16-9-12)10-6-4-5-7-11(10)14/h4-7H,8-9H2,1-3H3. The van der Waals surface area contributed by atoms with Gasteiger partial charge in [0.25, 0.3) is 0 Å². The van der Waals surface area contributed by atoms with Crippen molar-refractivity contribution < 1.29 is 13.9 Å². The van der Waals surface area contributed by atoms with E-state index in [2.05, 4.69) is 13.8 Å². The third-order valence-corrected chi connectivity index (χ3v) is 2.84. The number of hydrogen-bond acceptors (Lipinski definition) is 2. The normalized spacial score (nSPS) is 23.0. The summed E-state index contributed by atoms with van der Waals surface area (Å²) < 4.78 is 25.0. The van der Waals surface area contributed by atoms with Crippen molar-refractivity contribution >= 4 is 0 Å². The smallest absolute Gasteiger partial charge is 0.194 e. The van der Waals surface area contributed by atoms with E-state index in [0.29, 0.717) is 18.8 Å². The minimum atomic E-state index is -0.957. The first-order chi connectivity index (χ1) is 7.43. The quantitative estimate of drug-likeness (QED) is 0.730. The van der Waals surface area contributed by atoms with Crippen LogP contribution in [0.4, 0.5) is 4.39 Å². The van der Waals surface area contributed by atoms with Gasteiger partial charge in [0.1, 0.15) is 5.82 Å². The lowest BCUT2D eigenvalue weighted by Crippen LogP contribution is -2.44. The second-order valence-electron chi connectivity index (χ2n) is 5.17. The van der Waals surface area contributed by atoms with E-state index in [4.69, 9.17) is 9.47 Å². The fraction of sp³-hybridized carbons (Fsp3) is 0.538. The van der Waals surface area contributed by atoms with Gasteiger partial charge in [0.15, 0.2) is 5.79 Å². The minimum absolute atomic E-state index is 0.00916. The number of benzene rings is 1. The molecule has 0 spiro atoms. The fourth-order valence-corrected chi connectivity index (χ4v) is 1.73. The highest BCUT2D eigenvalue weighted by molar-refractivity contribution is 5.22. The molecule has 1 aromatic carbocycles. The third kappa shape index (κ3) is 2.11. The Bertz CT molecular complexity index is 377. The van der Waals surface area contributed by atoms with Crippen molar-refractivity contribution in [3.63, 3.8) is 0 Å². The van der Waals surface area contributed by atoms with Crippen molar-refractivity contribution in [3.05, 3.63) is 35.6 Å². The van der Waals surface area contributed by atoms with Crippen LogP contribution >= 0.6 is 0 Å². The van der Waals surface area contributed by atoms with Crippen LogP contribution in [0, 0.1) is 11.2 Å². The van der Waals surface area contributed by atoms with E-state index in [-0.39, 0.29) is 11.2 Å². The van der Waals surface area contributed by atoms with Crippen LogP contribution in [0.1, 0.15) is 26.3 Å². The first kappa shape index (κ1) is 11.6. The van der Waals surface area contributed by atoms with Gasteiger partial charge in [-0.15, -0.1) is 0 Å². The van der Waals surface area contributed by atoms with Crippen molar-refractivity contribution in [3.8, 4) is 0 Å². The van der Waals surface area contributed by atoms with Crippen molar-refractivity contribution in [2.24, 2.45) is 5.41 Å². The predicted molar refractivity (Wildman–Crippen MR) is 59.4 cm³/mol. The highest BCUT2D eigenvalue weighted by atomic mass is 19.1. The van der Waals surface area contributed by atoms with Crippen molar-refractivity contribution in [1.29, 1.82) is 0 Å². The zero-order valence-corrected chi connectivity index (χ0v) is 9.92. The molecule has 0 radical (unpaired) electrons. The molecule has 1 saturated heterocycles. The summed E-state index contributed by atoms with van der Waals surface area (Å²) in [5.41, 5.74) is 0.454. The van der Waals surface area contributed by atoms with Gasteiger partial charge in [0.05, 0.1) is 13.2 Å². The lowest BCUT2D eigenvalue weighted by Gasteiger charge is -2.41. The molecule has 16 heavy (non-hydrogen) atoms. The molecule has 0 unspecified atom stereocenters. The Morgan fingerprint density at radius 1 is 1.06 bits per heavy atom. The first-order valence-corrected chi connectivity index (χ1v) is 5.46. The maximum atomic E-state index is 13.7. The van der Waals surface area contributed by atoms with Gasteiger partial charge in [-0.3, -0.25) is 0 Å². The number of halogens is 1. The number of hydrogen-bond donors (Lipinski definition) is 0. The summed E-state index contributed by atoms with van der Waals surface area (Å²) in [4.78, 5) is 0. The second-order valence-corrected chi connectivity index (χ2v) is 5.17. The Balaban J connectivity index is 2.25. The zero-order valence-electron chi connectivity index (χ0n) is 9.92. The lowest BCUT2D eigenvalue weighted by molar-refractivity contribution is -0.299. The Hall–Kier alpha value is -0.930. The van der Waals surface area contributed by atoms with E-state index >= 15 is 0 Å². The Kier molecular flexibility index (Phi) is 2.76. The molecule has 0 aromatic heterocycles. The van der Waals surface area contributed by atoms with Crippen molar-refractivity contribution in [2.45, 2.75) is 26.6 Å². The fourth-order valence-electron chi connectivity index (χ4n) is 1.73. The van der Waals surface area contributed by atoms with Crippen LogP contribution in [-0.4, -0.2) is 13.2 Å². The van der Waals surface area contributed by atoms with Crippen molar-refractivity contribution in [2.75, 3.05) is 13.2 Å². The van der Waals surface area contributed by atoms with Crippen LogP contribution in [-0.2, 0) is 15.3 Å². The zero-order chi connectivity index (χ0) is 11.8. The summed E-state index contributed by atoms with van der Waals surface area (Å²) >= 11 is 0. The molecule has 0 saturated carbocycles. The third-order valence-electron chi connectivity index (χ3n) is 2.84. The van der Waals surface area contributed by atoms with Gasteiger partial charge in [-0.05, 0) is 13.0 Å². The molecule has 0 bridgehead atoms. The first-order valence-electron chi connectivity index (χ1n) is 5.46. The summed E-state index contributed by atoms with van der Waals surface area (Å²) in [5, 5.41) is 0. The summed E-state index contributed by atoms with van der Waals surface area (Å²) in [6.45, 7) is 7.03. The van der Waals surface area contributed by atoms with E-state index in [9.17, 15) is 4.39 Å². The van der Waals surface area contributed by atoms with E-state index in [1.807, 2.05) is 0 Å². The van der Waals surface area contributed by atoms with Crippen molar-refractivity contribution in [1.82, 2.24) is 0 Å². The predicted octanol–water partition coefficient (Wildman–Crippen LogP) is 3.07. The maximum absolute atomic E-state index is 13.7. The molecule has 2 rings (SSSR count).